The minimum Gasteiger partial charge on any atom is -0.349 e. The summed E-state index contributed by atoms with van der Waals surface area (Å²) in [7, 11) is 0. The average molecular weight is 299 g/mol. The SMILES string of the molecule is CC(NC(=O)[C@H]1CCN[C@@H](C)C1)c1ccc(F)c(Cl)c1. The van der Waals surface area contributed by atoms with Gasteiger partial charge in [0.15, 0.2) is 0 Å². The van der Waals surface area contributed by atoms with Crippen molar-refractivity contribution < 1.29 is 9.18 Å². The molecule has 2 N–H and O–H groups in total. The number of nitrogens with one attached hydrogen (secondary N) is 2. The minimum atomic E-state index is -0.443. The summed E-state index contributed by atoms with van der Waals surface area (Å²) in [6, 6.07) is 4.73. The summed E-state index contributed by atoms with van der Waals surface area (Å²) in [5.74, 6) is -0.336. The fraction of sp³-hybridized carbons (Fsp3) is 0.533. The van der Waals surface area contributed by atoms with Gasteiger partial charge >= 0.3 is 0 Å². The number of amides is 1. The molecule has 110 valence electrons. The summed E-state index contributed by atoms with van der Waals surface area (Å²) < 4.78 is 13.1. The zero-order valence-electron chi connectivity index (χ0n) is 11.7. The first kappa shape index (κ1) is 15.3. The summed E-state index contributed by atoms with van der Waals surface area (Å²) in [4.78, 5) is 12.2. The molecular weight excluding hydrogens is 279 g/mol. The third-order valence-electron chi connectivity index (χ3n) is 3.80. The zero-order valence-corrected chi connectivity index (χ0v) is 12.5. The number of rotatable bonds is 3. The Morgan fingerprint density at radius 1 is 1.55 bits per heavy atom. The predicted molar refractivity (Wildman–Crippen MR) is 78.2 cm³/mol. The molecule has 0 aliphatic carbocycles. The summed E-state index contributed by atoms with van der Waals surface area (Å²) in [5, 5.41) is 6.39. The molecule has 0 saturated carbocycles. The molecule has 2 rings (SSSR count). The van der Waals surface area contributed by atoms with E-state index >= 15 is 0 Å². The topological polar surface area (TPSA) is 41.1 Å². The highest BCUT2D eigenvalue weighted by Gasteiger charge is 2.25. The van der Waals surface area contributed by atoms with Gasteiger partial charge < -0.3 is 10.6 Å². The third-order valence-corrected chi connectivity index (χ3v) is 4.09. The molecule has 1 aromatic carbocycles. The van der Waals surface area contributed by atoms with Crippen LogP contribution in [-0.4, -0.2) is 18.5 Å². The van der Waals surface area contributed by atoms with Crippen molar-refractivity contribution in [2.45, 2.75) is 38.8 Å². The van der Waals surface area contributed by atoms with Gasteiger partial charge in [0.25, 0.3) is 0 Å². The lowest BCUT2D eigenvalue weighted by Crippen LogP contribution is -2.42. The van der Waals surface area contributed by atoms with E-state index in [1.165, 1.54) is 6.07 Å². The molecule has 1 fully saturated rings. The van der Waals surface area contributed by atoms with Crippen LogP contribution >= 0.6 is 11.6 Å². The largest absolute Gasteiger partial charge is 0.349 e. The van der Waals surface area contributed by atoms with Gasteiger partial charge in [-0.3, -0.25) is 4.79 Å². The number of carbonyl (C=O) groups excluding carboxylic acids is 1. The van der Waals surface area contributed by atoms with Gasteiger partial charge in [-0.25, -0.2) is 4.39 Å². The van der Waals surface area contributed by atoms with Crippen LogP contribution in [0, 0.1) is 11.7 Å². The van der Waals surface area contributed by atoms with Crippen LogP contribution in [0.4, 0.5) is 4.39 Å². The van der Waals surface area contributed by atoms with E-state index in [1.807, 2.05) is 6.92 Å². The molecular formula is C15H20ClFN2O. The highest BCUT2D eigenvalue weighted by atomic mass is 35.5. The molecule has 1 unspecified atom stereocenters. The Labute approximate surface area is 123 Å². The van der Waals surface area contributed by atoms with Crippen molar-refractivity contribution in [2.24, 2.45) is 5.92 Å². The summed E-state index contributed by atoms with van der Waals surface area (Å²) in [6.45, 7) is 4.84. The van der Waals surface area contributed by atoms with Crippen LogP contribution in [0.5, 0.6) is 0 Å². The summed E-state index contributed by atoms with van der Waals surface area (Å²) in [6.07, 6.45) is 1.70. The lowest BCUT2D eigenvalue weighted by Gasteiger charge is -2.28. The van der Waals surface area contributed by atoms with E-state index in [-0.39, 0.29) is 22.9 Å². The quantitative estimate of drug-likeness (QED) is 0.900. The Kier molecular flexibility index (Phi) is 5.00. The van der Waals surface area contributed by atoms with Gasteiger partial charge in [-0.2, -0.15) is 0 Å². The molecule has 1 heterocycles. The number of hydrogen-bond acceptors (Lipinski definition) is 2. The fourth-order valence-electron chi connectivity index (χ4n) is 2.57. The van der Waals surface area contributed by atoms with Gasteiger partial charge in [-0.1, -0.05) is 17.7 Å². The molecule has 0 radical (unpaired) electrons. The maximum atomic E-state index is 13.1. The first-order chi connectivity index (χ1) is 9.47. The first-order valence-electron chi connectivity index (χ1n) is 6.96. The van der Waals surface area contributed by atoms with Gasteiger partial charge in [-0.15, -0.1) is 0 Å². The zero-order chi connectivity index (χ0) is 14.7. The molecule has 1 saturated heterocycles. The number of benzene rings is 1. The second-order valence-corrected chi connectivity index (χ2v) is 5.89. The van der Waals surface area contributed by atoms with Crippen molar-refractivity contribution in [3.63, 3.8) is 0 Å². The van der Waals surface area contributed by atoms with Crippen molar-refractivity contribution in [3.05, 3.63) is 34.6 Å². The van der Waals surface area contributed by atoms with Crippen LogP contribution in [-0.2, 0) is 4.79 Å². The lowest BCUT2D eigenvalue weighted by molar-refractivity contribution is -0.126. The molecule has 1 amide bonds. The highest BCUT2D eigenvalue weighted by Crippen LogP contribution is 2.22. The Morgan fingerprint density at radius 2 is 2.30 bits per heavy atom. The molecule has 1 aliphatic heterocycles. The fourth-order valence-corrected chi connectivity index (χ4v) is 2.76. The smallest absolute Gasteiger partial charge is 0.223 e. The Bertz CT molecular complexity index is 495. The number of piperidine rings is 1. The Morgan fingerprint density at radius 3 is 2.95 bits per heavy atom. The molecule has 1 aliphatic rings. The van der Waals surface area contributed by atoms with Gasteiger partial charge in [0, 0.05) is 12.0 Å². The monoisotopic (exact) mass is 298 g/mol. The number of hydrogen-bond donors (Lipinski definition) is 2. The van der Waals surface area contributed by atoms with Gasteiger partial charge in [0.1, 0.15) is 5.82 Å². The number of carbonyl (C=O) groups is 1. The predicted octanol–water partition coefficient (Wildman–Crippen LogP) is 3.04. The molecule has 3 nitrogen and oxygen atoms in total. The van der Waals surface area contributed by atoms with E-state index in [2.05, 4.69) is 17.6 Å². The van der Waals surface area contributed by atoms with Crippen LogP contribution in [0.3, 0.4) is 0 Å². The summed E-state index contributed by atoms with van der Waals surface area (Å²) in [5.41, 5.74) is 0.812. The Hall–Kier alpha value is -1.13. The van der Waals surface area contributed by atoms with Gasteiger partial charge in [-0.05, 0) is 50.9 Å². The van der Waals surface area contributed by atoms with Crippen LogP contribution < -0.4 is 10.6 Å². The van der Waals surface area contributed by atoms with Crippen molar-refractivity contribution in [1.29, 1.82) is 0 Å². The maximum absolute atomic E-state index is 13.1. The number of halogens is 2. The molecule has 1 aromatic rings. The standard InChI is InChI=1S/C15H20ClFN2O/c1-9-7-12(5-6-18-9)15(20)19-10(2)11-3-4-14(17)13(16)8-11/h3-4,8-10,12,18H,5-7H2,1-2H3,(H,19,20)/t9-,10?,12-/m0/s1. The lowest BCUT2D eigenvalue weighted by atomic mass is 9.92. The molecule has 0 aromatic heterocycles. The van der Waals surface area contributed by atoms with E-state index < -0.39 is 5.82 Å². The highest BCUT2D eigenvalue weighted by molar-refractivity contribution is 6.30. The van der Waals surface area contributed by atoms with E-state index in [4.69, 9.17) is 11.6 Å². The van der Waals surface area contributed by atoms with Crippen LogP contribution in [0.25, 0.3) is 0 Å². The van der Waals surface area contributed by atoms with E-state index in [9.17, 15) is 9.18 Å². The van der Waals surface area contributed by atoms with Crippen molar-refractivity contribution in [1.82, 2.24) is 10.6 Å². The maximum Gasteiger partial charge on any atom is 0.223 e. The van der Waals surface area contributed by atoms with E-state index in [0.717, 1.165) is 24.9 Å². The average Bonchev–Trinajstić information content (AvgIpc) is 2.41. The molecule has 20 heavy (non-hydrogen) atoms. The molecule has 5 heteroatoms. The molecule has 3 atom stereocenters. The molecule has 0 bridgehead atoms. The van der Waals surface area contributed by atoms with Gasteiger partial charge in [0.05, 0.1) is 11.1 Å². The minimum absolute atomic E-state index is 0.0459. The second kappa shape index (κ2) is 6.55. The van der Waals surface area contributed by atoms with Crippen molar-refractivity contribution in [2.75, 3.05) is 6.54 Å². The third kappa shape index (κ3) is 3.70. The first-order valence-corrected chi connectivity index (χ1v) is 7.34. The second-order valence-electron chi connectivity index (χ2n) is 5.48. The van der Waals surface area contributed by atoms with Crippen LogP contribution in [0.2, 0.25) is 5.02 Å². The van der Waals surface area contributed by atoms with Crippen molar-refractivity contribution in [3.8, 4) is 0 Å². The normalized spacial score (nSPS) is 24.2. The van der Waals surface area contributed by atoms with Crippen LogP contribution in [0.1, 0.15) is 38.3 Å². The van der Waals surface area contributed by atoms with Gasteiger partial charge in [0.2, 0.25) is 5.91 Å². The van der Waals surface area contributed by atoms with Crippen LogP contribution in [0.15, 0.2) is 18.2 Å². The summed E-state index contributed by atoms with van der Waals surface area (Å²) >= 11 is 5.77. The van der Waals surface area contributed by atoms with E-state index in [1.54, 1.807) is 12.1 Å². The van der Waals surface area contributed by atoms with Crippen molar-refractivity contribution >= 4 is 17.5 Å². The Balaban J connectivity index is 1.97. The molecule has 0 spiro atoms. The van der Waals surface area contributed by atoms with E-state index in [0.29, 0.717) is 6.04 Å².